The molecule has 1 heterocycles. The van der Waals surface area contributed by atoms with Crippen LogP contribution in [0.25, 0.3) is 0 Å². The van der Waals surface area contributed by atoms with Crippen molar-refractivity contribution in [1.82, 2.24) is 15.1 Å². The standard InChI is InChI=1S/C12H23N3/c1-9(2)13-8-10(3)11(4)12-6-7-14-15(12)5/h6-7,9-11,13H,8H2,1-5H3. The van der Waals surface area contributed by atoms with Gasteiger partial charge in [0, 0.05) is 30.9 Å². The molecule has 0 radical (unpaired) electrons. The van der Waals surface area contributed by atoms with E-state index in [1.54, 1.807) is 0 Å². The van der Waals surface area contributed by atoms with Gasteiger partial charge in [-0.25, -0.2) is 0 Å². The van der Waals surface area contributed by atoms with Crippen molar-refractivity contribution in [2.24, 2.45) is 13.0 Å². The van der Waals surface area contributed by atoms with Gasteiger partial charge in [-0.15, -0.1) is 0 Å². The zero-order valence-corrected chi connectivity index (χ0v) is 10.5. The first kappa shape index (κ1) is 12.2. The lowest BCUT2D eigenvalue weighted by Gasteiger charge is -2.21. The Hall–Kier alpha value is -0.830. The second kappa shape index (κ2) is 5.31. The molecule has 0 aliphatic heterocycles. The molecule has 2 atom stereocenters. The first-order valence-corrected chi connectivity index (χ1v) is 5.73. The smallest absolute Gasteiger partial charge is 0.0492 e. The van der Waals surface area contributed by atoms with Crippen LogP contribution in [0.2, 0.25) is 0 Å². The number of hydrogen-bond donors (Lipinski definition) is 1. The maximum Gasteiger partial charge on any atom is 0.0492 e. The third-order valence-electron chi connectivity index (χ3n) is 3.03. The second-order valence-corrected chi connectivity index (χ2v) is 4.71. The van der Waals surface area contributed by atoms with Crippen molar-refractivity contribution in [2.45, 2.75) is 39.7 Å². The highest BCUT2D eigenvalue weighted by molar-refractivity contribution is 5.07. The van der Waals surface area contributed by atoms with Crippen molar-refractivity contribution in [2.75, 3.05) is 6.54 Å². The van der Waals surface area contributed by atoms with Crippen LogP contribution in [0.3, 0.4) is 0 Å². The minimum absolute atomic E-state index is 0.545. The molecule has 0 spiro atoms. The summed E-state index contributed by atoms with van der Waals surface area (Å²) in [5, 5.41) is 7.69. The Balaban J connectivity index is 2.53. The quantitative estimate of drug-likeness (QED) is 0.805. The number of aromatic nitrogens is 2. The van der Waals surface area contributed by atoms with Gasteiger partial charge in [0.05, 0.1) is 0 Å². The van der Waals surface area contributed by atoms with Crippen LogP contribution in [0, 0.1) is 5.92 Å². The van der Waals surface area contributed by atoms with E-state index >= 15 is 0 Å². The lowest BCUT2D eigenvalue weighted by Crippen LogP contribution is -2.30. The first-order valence-electron chi connectivity index (χ1n) is 5.73. The fourth-order valence-corrected chi connectivity index (χ4v) is 1.72. The van der Waals surface area contributed by atoms with Crippen molar-refractivity contribution >= 4 is 0 Å². The molecule has 1 aromatic rings. The third kappa shape index (κ3) is 3.34. The predicted molar refractivity (Wildman–Crippen MR) is 63.9 cm³/mol. The van der Waals surface area contributed by atoms with Gasteiger partial charge in [0.25, 0.3) is 0 Å². The number of nitrogens with zero attached hydrogens (tertiary/aromatic N) is 2. The number of hydrogen-bond acceptors (Lipinski definition) is 2. The van der Waals surface area contributed by atoms with Crippen LogP contribution in [0.5, 0.6) is 0 Å². The Bertz CT molecular complexity index is 291. The summed E-state index contributed by atoms with van der Waals surface area (Å²) in [4.78, 5) is 0. The van der Waals surface area contributed by atoms with Gasteiger partial charge in [-0.2, -0.15) is 5.10 Å². The lowest BCUT2D eigenvalue weighted by atomic mass is 9.92. The predicted octanol–water partition coefficient (Wildman–Crippen LogP) is 2.16. The third-order valence-corrected chi connectivity index (χ3v) is 3.03. The Morgan fingerprint density at radius 3 is 2.47 bits per heavy atom. The Morgan fingerprint density at radius 1 is 1.33 bits per heavy atom. The Kier molecular flexibility index (Phi) is 4.33. The van der Waals surface area contributed by atoms with Crippen molar-refractivity contribution in [1.29, 1.82) is 0 Å². The average Bonchev–Trinajstić information content (AvgIpc) is 2.59. The molecular formula is C12H23N3. The highest BCUT2D eigenvalue weighted by Crippen LogP contribution is 2.22. The molecular weight excluding hydrogens is 186 g/mol. The molecule has 0 fully saturated rings. The van der Waals surface area contributed by atoms with Crippen molar-refractivity contribution in [3.8, 4) is 0 Å². The summed E-state index contributed by atoms with van der Waals surface area (Å²) in [6.45, 7) is 9.98. The summed E-state index contributed by atoms with van der Waals surface area (Å²) >= 11 is 0. The van der Waals surface area contributed by atoms with E-state index in [1.165, 1.54) is 5.69 Å². The minimum Gasteiger partial charge on any atom is -0.314 e. The molecule has 1 rings (SSSR count). The van der Waals surface area contributed by atoms with Gasteiger partial charge in [-0.05, 0) is 18.5 Å². The summed E-state index contributed by atoms with van der Waals surface area (Å²) in [5.41, 5.74) is 1.31. The average molecular weight is 209 g/mol. The Morgan fingerprint density at radius 2 is 2.00 bits per heavy atom. The molecule has 3 nitrogen and oxygen atoms in total. The van der Waals surface area contributed by atoms with Crippen LogP contribution < -0.4 is 5.32 Å². The molecule has 86 valence electrons. The SMILES string of the molecule is CC(C)NCC(C)C(C)c1ccnn1C. The van der Waals surface area contributed by atoms with Crippen LogP contribution >= 0.6 is 0 Å². The molecule has 0 bridgehead atoms. The van der Waals surface area contributed by atoms with E-state index in [9.17, 15) is 0 Å². The van der Waals surface area contributed by atoms with E-state index < -0.39 is 0 Å². The van der Waals surface area contributed by atoms with Crippen LogP contribution in [-0.2, 0) is 7.05 Å². The van der Waals surface area contributed by atoms with E-state index in [2.05, 4.69) is 44.2 Å². The fraction of sp³-hybridized carbons (Fsp3) is 0.750. The lowest BCUT2D eigenvalue weighted by molar-refractivity contribution is 0.412. The molecule has 15 heavy (non-hydrogen) atoms. The number of nitrogens with one attached hydrogen (secondary N) is 1. The van der Waals surface area contributed by atoms with E-state index in [-0.39, 0.29) is 0 Å². The number of aryl methyl sites for hydroxylation is 1. The number of rotatable bonds is 5. The van der Waals surface area contributed by atoms with Gasteiger partial charge in [0.15, 0.2) is 0 Å². The zero-order valence-electron chi connectivity index (χ0n) is 10.5. The molecule has 0 aliphatic carbocycles. The monoisotopic (exact) mass is 209 g/mol. The van der Waals surface area contributed by atoms with Crippen molar-refractivity contribution in [3.05, 3.63) is 18.0 Å². The summed E-state index contributed by atoms with van der Waals surface area (Å²) in [5.74, 6) is 1.17. The largest absolute Gasteiger partial charge is 0.314 e. The highest BCUT2D eigenvalue weighted by Gasteiger charge is 2.16. The summed E-state index contributed by atoms with van der Waals surface area (Å²) < 4.78 is 1.97. The molecule has 0 aromatic carbocycles. The molecule has 0 aliphatic rings. The minimum atomic E-state index is 0.545. The fourth-order valence-electron chi connectivity index (χ4n) is 1.72. The maximum atomic E-state index is 4.21. The second-order valence-electron chi connectivity index (χ2n) is 4.71. The topological polar surface area (TPSA) is 29.9 Å². The zero-order chi connectivity index (χ0) is 11.4. The van der Waals surface area contributed by atoms with Crippen molar-refractivity contribution < 1.29 is 0 Å². The normalized spacial score (nSPS) is 15.6. The van der Waals surface area contributed by atoms with Gasteiger partial charge < -0.3 is 5.32 Å². The van der Waals surface area contributed by atoms with Gasteiger partial charge in [-0.3, -0.25) is 4.68 Å². The molecule has 0 amide bonds. The maximum absolute atomic E-state index is 4.21. The van der Waals surface area contributed by atoms with Crippen LogP contribution in [0.1, 0.15) is 39.3 Å². The van der Waals surface area contributed by atoms with Crippen LogP contribution in [-0.4, -0.2) is 22.4 Å². The van der Waals surface area contributed by atoms with E-state index in [1.807, 2.05) is 17.9 Å². The van der Waals surface area contributed by atoms with Gasteiger partial charge in [0.1, 0.15) is 0 Å². The van der Waals surface area contributed by atoms with E-state index in [4.69, 9.17) is 0 Å². The Labute approximate surface area is 92.9 Å². The molecule has 2 unspecified atom stereocenters. The molecule has 0 saturated heterocycles. The molecule has 1 N–H and O–H groups in total. The molecule has 3 heteroatoms. The summed E-state index contributed by atoms with van der Waals surface area (Å²) in [6.07, 6.45) is 1.87. The summed E-state index contributed by atoms with van der Waals surface area (Å²) in [6, 6.07) is 2.67. The van der Waals surface area contributed by atoms with E-state index in [0.29, 0.717) is 17.9 Å². The first-order chi connectivity index (χ1) is 7.02. The highest BCUT2D eigenvalue weighted by atomic mass is 15.3. The summed E-state index contributed by atoms with van der Waals surface area (Å²) in [7, 11) is 2.01. The van der Waals surface area contributed by atoms with E-state index in [0.717, 1.165) is 6.54 Å². The molecule has 0 saturated carbocycles. The van der Waals surface area contributed by atoms with Crippen LogP contribution in [0.4, 0.5) is 0 Å². The van der Waals surface area contributed by atoms with Gasteiger partial charge >= 0.3 is 0 Å². The van der Waals surface area contributed by atoms with Crippen LogP contribution in [0.15, 0.2) is 12.3 Å². The van der Waals surface area contributed by atoms with Gasteiger partial charge in [0.2, 0.25) is 0 Å². The van der Waals surface area contributed by atoms with Gasteiger partial charge in [-0.1, -0.05) is 27.7 Å². The van der Waals surface area contributed by atoms with Crippen molar-refractivity contribution in [3.63, 3.8) is 0 Å². The molecule has 1 aromatic heterocycles.